The van der Waals surface area contributed by atoms with E-state index in [9.17, 15) is 13.6 Å². The Morgan fingerprint density at radius 2 is 2.06 bits per heavy atom. The van der Waals surface area contributed by atoms with Crippen LogP contribution in [0.4, 0.5) is 8.78 Å². The summed E-state index contributed by atoms with van der Waals surface area (Å²) in [5, 5.41) is -0.583. The maximum absolute atomic E-state index is 12.1. The van der Waals surface area contributed by atoms with Crippen LogP contribution in [0.15, 0.2) is 18.2 Å². The maximum atomic E-state index is 12.1. The predicted octanol–water partition coefficient (Wildman–Crippen LogP) is 3.75. The first kappa shape index (κ1) is 13.2. The minimum atomic E-state index is -3.00. The minimum Gasteiger partial charge on any atom is -0.434 e. The molecule has 1 aromatic rings. The summed E-state index contributed by atoms with van der Waals surface area (Å²) in [7, 11) is 0. The zero-order chi connectivity index (χ0) is 12.3. The van der Waals surface area contributed by atoms with Gasteiger partial charge in [0.25, 0.3) is 0 Å². The Hall–Kier alpha value is -0.870. The molecule has 0 aromatic heterocycles. The third-order valence-electron chi connectivity index (χ3n) is 1.78. The molecule has 6 heteroatoms. The zero-order valence-corrected chi connectivity index (χ0v) is 9.73. The minimum absolute atomic E-state index is 0.0460. The first-order valence-corrected chi connectivity index (χ1v) is 5.16. The van der Waals surface area contributed by atoms with Crippen LogP contribution in [0.25, 0.3) is 0 Å². The molecule has 0 fully saturated rings. The first-order chi connectivity index (χ1) is 7.41. The second kappa shape index (κ2) is 5.46. The molecule has 1 atom stereocenters. The number of hydrogen-bond acceptors (Lipinski definition) is 2. The standard InChI is InChI=1S/C10H8Cl2F2O2/c1-5(11)9(15)7-4-6(12)2-3-8(7)16-10(13)14/h2-5,10H,1H3. The average molecular weight is 269 g/mol. The molecule has 1 rings (SSSR count). The van der Waals surface area contributed by atoms with Gasteiger partial charge in [-0.25, -0.2) is 0 Å². The van der Waals surface area contributed by atoms with Crippen LogP contribution in [-0.2, 0) is 0 Å². The van der Waals surface area contributed by atoms with Crippen molar-refractivity contribution in [2.45, 2.75) is 18.9 Å². The van der Waals surface area contributed by atoms with Crippen molar-refractivity contribution in [3.05, 3.63) is 28.8 Å². The number of Topliss-reactive ketones (excluding diaryl/α,β-unsaturated/α-hetero) is 1. The van der Waals surface area contributed by atoms with Crippen molar-refractivity contribution in [1.29, 1.82) is 0 Å². The molecule has 0 heterocycles. The van der Waals surface area contributed by atoms with Gasteiger partial charge in [-0.2, -0.15) is 8.78 Å². The number of carbonyl (C=O) groups excluding carboxylic acids is 1. The molecule has 0 amide bonds. The van der Waals surface area contributed by atoms with Crippen LogP contribution in [0.1, 0.15) is 17.3 Å². The highest BCUT2D eigenvalue weighted by atomic mass is 35.5. The van der Waals surface area contributed by atoms with Gasteiger partial charge in [-0.3, -0.25) is 4.79 Å². The molecule has 1 aromatic carbocycles. The summed E-state index contributed by atoms with van der Waals surface area (Å²) < 4.78 is 28.3. The molecule has 0 bridgehead atoms. The second-order valence-corrected chi connectivity index (χ2v) is 4.09. The van der Waals surface area contributed by atoms with Gasteiger partial charge < -0.3 is 4.74 Å². The van der Waals surface area contributed by atoms with E-state index >= 15 is 0 Å². The number of carbonyl (C=O) groups is 1. The molecule has 0 aliphatic heterocycles. The fourth-order valence-corrected chi connectivity index (χ4v) is 1.40. The number of ether oxygens (including phenoxy) is 1. The molecular weight excluding hydrogens is 261 g/mol. The van der Waals surface area contributed by atoms with Crippen LogP contribution in [0.5, 0.6) is 5.75 Å². The molecule has 16 heavy (non-hydrogen) atoms. The number of halogens is 4. The third kappa shape index (κ3) is 3.32. The van der Waals surface area contributed by atoms with Gasteiger partial charge in [-0.05, 0) is 25.1 Å². The molecule has 0 N–H and O–H groups in total. The second-order valence-electron chi connectivity index (χ2n) is 3.00. The Morgan fingerprint density at radius 1 is 1.44 bits per heavy atom. The lowest BCUT2D eigenvalue weighted by Gasteiger charge is -2.11. The van der Waals surface area contributed by atoms with Crippen LogP contribution in [0.3, 0.4) is 0 Å². The Labute approximate surface area is 101 Å². The summed E-state index contributed by atoms with van der Waals surface area (Å²) in [6, 6.07) is 3.82. The van der Waals surface area contributed by atoms with Crippen molar-refractivity contribution in [2.75, 3.05) is 0 Å². The lowest BCUT2D eigenvalue weighted by atomic mass is 10.1. The van der Waals surface area contributed by atoms with E-state index in [1.807, 2.05) is 0 Å². The van der Waals surface area contributed by atoms with Crippen LogP contribution >= 0.6 is 23.2 Å². The predicted molar refractivity (Wildman–Crippen MR) is 57.7 cm³/mol. The van der Waals surface area contributed by atoms with Crippen LogP contribution < -0.4 is 4.74 Å². The summed E-state index contributed by atoms with van der Waals surface area (Å²) in [5.41, 5.74) is -0.0460. The molecule has 0 spiro atoms. The Bertz CT molecular complexity index is 394. The van der Waals surface area contributed by atoms with Crippen molar-refractivity contribution in [3.8, 4) is 5.75 Å². The molecule has 88 valence electrons. The molecule has 0 aliphatic carbocycles. The normalized spacial score (nSPS) is 12.6. The van der Waals surface area contributed by atoms with E-state index in [1.165, 1.54) is 25.1 Å². The quantitative estimate of drug-likeness (QED) is 0.614. The summed E-state index contributed by atoms with van der Waals surface area (Å²) in [5.74, 6) is -0.739. The van der Waals surface area contributed by atoms with Gasteiger partial charge >= 0.3 is 6.61 Å². The number of benzene rings is 1. The molecule has 0 saturated heterocycles. The lowest BCUT2D eigenvalue weighted by Crippen LogP contribution is -2.14. The largest absolute Gasteiger partial charge is 0.434 e. The highest BCUT2D eigenvalue weighted by Gasteiger charge is 2.19. The molecule has 0 aliphatic rings. The number of rotatable bonds is 4. The van der Waals surface area contributed by atoms with Crippen molar-refractivity contribution in [3.63, 3.8) is 0 Å². The van der Waals surface area contributed by atoms with Crippen molar-refractivity contribution in [1.82, 2.24) is 0 Å². The molecule has 0 radical (unpaired) electrons. The van der Waals surface area contributed by atoms with Gasteiger partial charge in [-0.1, -0.05) is 11.6 Å². The molecular formula is C10H8Cl2F2O2. The van der Waals surface area contributed by atoms with Crippen LogP contribution in [0, 0.1) is 0 Å². The van der Waals surface area contributed by atoms with Gasteiger partial charge in [0.1, 0.15) is 5.75 Å². The fraction of sp³-hybridized carbons (Fsp3) is 0.300. The van der Waals surface area contributed by atoms with E-state index in [-0.39, 0.29) is 16.3 Å². The smallest absolute Gasteiger partial charge is 0.387 e. The zero-order valence-electron chi connectivity index (χ0n) is 8.22. The summed E-state index contributed by atoms with van der Waals surface area (Å²) in [4.78, 5) is 11.6. The average Bonchev–Trinajstić information content (AvgIpc) is 2.18. The number of ketones is 1. The lowest BCUT2D eigenvalue weighted by molar-refractivity contribution is -0.0501. The Morgan fingerprint density at radius 3 is 2.56 bits per heavy atom. The topological polar surface area (TPSA) is 26.3 Å². The van der Waals surface area contributed by atoms with E-state index in [0.29, 0.717) is 0 Å². The van der Waals surface area contributed by atoms with E-state index < -0.39 is 17.8 Å². The van der Waals surface area contributed by atoms with Crippen molar-refractivity contribution >= 4 is 29.0 Å². The van der Waals surface area contributed by atoms with E-state index in [0.717, 1.165) is 0 Å². The highest BCUT2D eigenvalue weighted by Crippen LogP contribution is 2.26. The Kier molecular flexibility index (Phi) is 4.50. The number of hydrogen-bond donors (Lipinski definition) is 0. The summed E-state index contributed by atoms with van der Waals surface area (Å²) >= 11 is 11.3. The van der Waals surface area contributed by atoms with E-state index in [4.69, 9.17) is 23.2 Å². The van der Waals surface area contributed by atoms with Crippen LogP contribution in [0.2, 0.25) is 5.02 Å². The molecule has 0 saturated carbocycles. The molecule has 1 unspecified atom stereocenters. The first-order valence-electron chi connectivity index (χ1n) is 4.34. The number of alkyl halides is 3. The SMILES string of the molecule is CC(Cl)C(=O)c1cc(Cl)ccc1OC(F)F. The molecule has 2 nitrogen and oxygen atoms in total. The van der Waals surface area contributed by atoms with Crippen LogP contribution in [-0.4, -0.2) is 17.8 Å². The summed E-state index contributed by atoms with van der Waals surface area (Å²) in [6.45, 7) is -1.56. The van der Waals surface area contributed by atoms with Gasteiger partial charge in [0.05, 0.1) is 10.9 Å². The van der Waals surface area contributed by atoms with E-state index in [1.54, 1.807) is 0 Å². The fourth-order valence-electron chi connectivity index (χ4n) is 1.11. The van der Waals surface area contributed by atoms with Crippen molar-refractivity contribution in [2.24, 2.45) is 0 Å². The highest BCUT2D eigenvalue weighted by molar-refractivity contribution is 6.35. The Balaban J connectivity index is 3.12. The van der Waals surface area contributed by atoms with E-state index in [2.05, 4.69) is 4.74 Å². The van der Waals surface area contributed by atoms with Gasteiger partial charge in [0, 0.05) is 5.02 Å². The third-order valence-corrected chi connectivity index (χ3v) is 2.22. The summed E-state index contributed by atoms with van der Waals surface area (Å²) in [6.07, 6.45) is 0. The maximum Gasteiger partial charge on any atom is 0.387 e. The van der Waals surface area contributed by atoms with Gasteiger partial charge in [0.2, 0.25) is 0 Å². The van der Waals surface area contributed by atoms with Gasteiger partial charge in [-0.15, -0.1) is 11.6 Å². The van der Waals surface area contributed by atoms with Crippen molar-refractivity contribution < 1.29 is 18.3 Å². The van der Waals surface area contributed by atoms with Gasteiger partial charge in [0.15, 0.2) is 5.78 Å². The monoisotopic (exact) mass is 268 g/mol.